The first-order valence-corrected chi connectivity index (χ1v) is 5.26. The summed E-state index contributed by atoms with van der Waals surface area (Å²) in [4.78, 5) is 20.1. The highest BCUT2D eigenvalue weighted by Gasteiger charge is 2.17. The van der Waals surface area contributed by atoms with Crippen molar-refractivity contribution in [1.29, 1.82) is 0 Å². The van der Waals surface area contributed by atoms with Crippen LogP contribution in [0.1, 0.15) is 24.5 Å². The van der Waals surface area contributed by atoms with Crippen LogP contribution in [-0.4, -0.2) is 27.1 Å². The van der Waals surface area contributed by atoms with Crippen molar-refractivity contribution >= 4 is 17.1 Å². The van der Waals surface area contributed by atoms with Gasteiger partial charge in [-0.25, -0.2) is 14.8 Å². The van der Waals surface area contributed by atoms with Crippen molar-refractivity contribution in [2.45, 2.75) is 20.4 Å². The van der Waals surface area contributed by atoms with E-state index in [0.717, 1.165) is 0 Å². The molecule has 5 nitrogen and oxygen atoms in total. The van der Waals surface area contributed by atoms with Crippen molar-refractivity contribution in [2.75, 3.05) is 6.61 Å². The SMILES string of the molecule is CCOC(=O)c1nc2cccnc2n1CC. The van der Waals surface area contributed by atoms with Gasteiger partial charge in [0.1, 0.15) is 5.52 Å². The van der Waals surface area contributed by atoms with Gasteiger partial charge in [-0.3, -0.25) is 0 Å². The molecule has 0 aliphatic carbocycles. The molecular formula is C11H13N3O2. The summed E-state index contributed by atoms with van der Waals surface area (Å²) in [7, 11) is 0. The molecule has 0 bridgehead atoms. The molecule has 2 heterocycles. The second-order valence-corrected chi connectivity index (χ2v) is 3.25. The first-order chi connectivity index (χ1) is 7.77. The zero-order chi connectivity index (χ0) is 11.5. The fourth-order valence-corrected chi connectivity index (χ4v) is 1.61. The minimum atomic E-state index is -0.401. The molecule has 0 saturated carbocycles. The lowest BCUT2D eigenvalue weighted by Gasteiger charge is -2.03. The molecule has 0 amide bonds. The van der Waals surface area contributed by atoms with Crippen LogP contribution >= 0.6 is 0 Å². The Morgan fingerprint density at radius 3 is 3.00 bits per heavy atom. The molecule has 5 heteroatoms. The topological polar surface area (TPSA) is 57.0 Å². The van der Waals surface area contributed by atoms with E-state index >= 15 is 0 Å². The molecule has 0 aromatic carbocycles. The molecule has 2 rings (SSSR count). The van der Waals surface area contributed by atoms with Crippen LogP contribution in [-0.2, 0) is 11.3 Å². The Labute approximate surface area is 93.1 Å². The van der Waals surface area contributed by atoms with Crippen LogP contribution < -0.4 is 0 Å². The van der Waals surface area contributed by atoms with Gasteiger partial charge in [0.2, 0.25) is 5.82 Å². The van der Waals surface area contributed by atoms with Crippen molar-refractivity contribution in [2.24, 2.45) is 0 Å². The van der Waals surface area contributed by atoms with Crippen molar-refractivity contribution in [3.05, 3.63) is 24.2 Å². The number of pyridine rings is 1. The van der Waals surface area contributed by atoms with E-state index in [-0.39, 0.29) is 0 Å². The Balaban J connectivity index is 2.56. The molecule has 2 aromatic heterocycles. The van der Waals surface area contributed by atoms with Crippen LogP contribution in [0.3, 0.4) is 0 Å². The number of aryl methyl sites for hydroxylation is 1. The van der Waals surface area contributed by atoms with Gasteiger partial charge >= 0.3 is 5.97 Å². The lowest BCUT2D eigenvalue weighted by Crippen LogP contribution is -2.13. The fraction of sp³-hybridized carbons (Fsp3) is 0.364. The van der Waals surface area contributed by atoms with E-state index in [1.165, 1.54) is 0 Å². The number of ether oxygens (including phenoxy) is 1. The van der Waals surface area contributed by atoms with Gasteiger partial charge in [-0.15, -0.1) is 0 Å². The summed E-state index contributed by atoms with van der Waals surface area (Å²) in [5, 5.41) is 0. The molecule has 0 fully saturated rings. The zero-order valence-electron chi connectivity index (χ0n) is 9.30. The zero-order valence-corrected chi connectivity index (χ0v) is 9.30. The number of hydrogen-bond donors (Lipinski definition) is 0. The highest BCUT2D eigenvalue weighted by molar-refractivity contribution is 5.90. The van der Waals surface area contributed by atoms with E-state index in [2.05, 4.69) is 9.97 Å². The van der Waals surface area contributed by atoms with Crippen LogP contribution in [0.25, 0.3) is 11.2 Å². The quantitative estimate of drug-likeness (QED) is 0.736. The second-order valence-electron chi connectivity index (χ2n) is 3.25. The monoisotopic (exact) mass is 219 g/mol. The normalized spacial score (nSPS) is 10.6. The Hall–Kier alpha value is -1.91. The predicted molar refractivity (Wildman–Crippen MR) is 59.2 cm³/mol. The fourth-order valence-electron chi connectivity index (χ4n) is 1.61. The molecule has 84 valence electrons. The molecule has 0 saturated heterocycles. The number of fused-ring (bicyclic) bond motifs is 1. The van der Waals surface area contributed by atoms with Crippen molar-refractivity contribution < 1.29 is 9.53 Å². The number of hydrogen-bond acceptors (Lipinski definition) is 4. The Morgan fingerprint density at radius 2 is 2.31 bits per heavy atom. The summed E-state index contributed by atoms with van der Waals surface area (Å²) in [5.74, 6) is -0.0830. The molecule has 0 unspecified atom stereocenters. The number of rotatable bonds is 3. The van der Waals surface area contributed by atoms with E-state index in [4.69, 9.17) is 4.74 Å². The first kappa shape index (κ1) is 10.6. The third kappa shape index (κ3) is 1.64. The minimum absolute atomic E-state index is 0.318. The Morgan fingerprint density at radius 1 is 1.50 bits per heavy atom. The van der Waals surface area contributed by atoms with Crippen molar-refractivity contribution in [3.63, 3.8) is 0 Å². The average Bonchev–Trinajstić information content (AvgIpc) is 2.67. The van der Waals surface area contributed by atoms with Gasteiger partial charge in [0.25, 0.3) is 0 Å². The van der Waals surface area contributed by atoms with Gasteiger partial charge in [0.15, 0.2) is 5.65 Å². The number of aromatic nitrogens is 3. The summed E-state index contributed by atoms with van der Waals surface area (Å²) >= 11 is 0. The number of carbonyl (C=O) groups is 1. The van der Waals surface area contributed by atoms with E-state index in [1.54, 1.807) is 23.8 Å². The minimum Gasteiger partial charge on any atom is -0.460 e. The Kier molecular flexibility index (Phi) is 2.85. The van der Waals surface area contributed by atoms with E-state index in [0.29, 0.717) is 30.1 Å². The molecule has 0 radical (unpaired) electrons. The van der Waals surface area contributed by atoms with Gasteiger partial charge < -0.3 is 9.30 Å². The molecule has 0 aliphatic heterocycles. The predicted octanol–water partition coefficient (Wildman–Crippen LogP) is 1.63. The maximum atomic E-state index is 11.7. The van der Waals surface area contributed by atoms with Gasteiger partial charge in [-0.2, -0.15) is 0 Å². The van der Waals surface area contributed by atoms with Crippen molar-refractivity contribution in [1.82, 2.24) is 14.5 Å². The van der Waals surface area contributed by atoms with Crippen molar-refractivity contribution in [3.8, 4) is 0 Å². The van der Waals surface area contributed by atoms with E-state index in [9.17, 15) is 4.79 Å². The summed E-state index contributed by atoms with van der Waals surface area (Å²) in [5.41, 5.74) is 1.43. The summed E-state index contributed by atoms with van der Waals surface area (Å²) in [6, 6.07) is 3.63. The molecule has 0 aliphatic rings. The smallest absolute Gasteiger partial charge is 0.374 e. The molecule has 0 N–H and O–H groups in total. The highest BCUT2D eigenvalue weighted by Crippen LogP contribution is 2.13. The summed E-state index contributed by atoms with van der Waals surface area (Å²) < 4.78 is 6.71. The first-order valence-electron chi connectivity index (χ1n) is 5.26. The maximum absolute atomic E-state index is 11.7. The maximum Gasteiger partial charge on any atom is 0.374 e. The second kappa shape index (κ2) is 4.30. The largest absolute Gasteiger partial charge is 0.460 e. The molecular weight excluding hydrogens is 206 g/mol. The van der Waals surface area contributed by atoms with Gasteiger partial charge in [0, 0.05) is 12.7 Å². The van der Waals surface area contributed by atoms with Gasteiger partial charge in [-0.1, -0.05) is 0 Å². The Bertz CT molecular complexity index is 519. The number of carbonyl (C=O) groups excluding carboxylic acids is 1. The standard InChI is InChI=1S/C11H13N3O2/c1-3-14-9-8(6-5-7-12-9)13-10(14)11(15)16-4-2/h5-7H,3-4H2,1-2H3. The molecule has 0 spiro atoms. The number of esters is 1. The third-order valence-corrected chi connectivity index (χ3v) is 2.28. The average molecular weight is 219 g/mol. The lowest BCUT2D eigenvalue weighted by molar-refractivity contribution is 0.0507. The van der Waals surface area contributed by atoms with Crippen LogP contribution in [0.4, 0.5) is 0 Å². The number of imidazole rings is 1. The van der Waals surface area contributed by atoms with Gasteiger partial charge in [0.05, 0.1) is 6.61 Å². The molecule has 2 aromatic rings. The highest BCUT2D eigenvalue weighted by atomic mass is 16.5. The van der Waals surface area contributed by atoms with Crippen LogP contribution in [0.2, 0.25) is 0 Å². The molecule has 0 atom stereocenters. The lowest BCUT2D eigenvalue weighted by atomic mass is 10.4. The summed E-state index contributed by atoms with van der Waals surface area (Å²) in [6.07, 6.45) is 1.69. The number of nitrogens with zero attached hydrogens (tertiary/aromatic N) is 3. The third-order valence-electron chi connectivity index (χ3n) is 2.28. The van der Waals surface area contributed by atoms with Crippen LogP contribution in [0.15, 0.2) is 18.3 Å². The van der Waals surface area contributed by atoms with E-state index < -0.39 is 5.97 Å². The molecule has 16 heavy (non-hydrogen) atoms. The van der Waals surface area contributed by atoms with E-state index in [1.807, 2.05) is 13.0 Å². The van der Waals surface area contributed by atoms with Crippen LogP contribution in [0, 0.1) is 0 Å². The van der Waals surface area contributed by atoms with Gasteiger partial charge in [-0.05, 0) is 26.0 Å². The summed E-state index contributed by atoms with van der Waals surface area (Å²) in [6.45, 7) is 4.70. The van der Waals surface area contributed by atoms with Crippen LogP contribution in [0.5, 0.6) is 0 Å².